The highest BCUT2D eigenvalue weighted by Crippen LogP contribution is 2.22. The summed E-state index contributed by atoms with van der Waals surface area (Å²) in [6.45, 7) is 1.51. The summed E-state index contributed by atoms with van der Waals surface area (Å²) in [5.74, 6) is -0.0728. The summed E-state index contributed by atoms with van der Waals surface area (Å²) in [5.41, 5.74) is 2.72. The highest BCUT2D eigenvalue weighted by Gasteiger charge is 2.06. The quantitative estimate of drug-likeness (QED) is 0.631. The summed E-state index contributed by atoms with van der Waals surface area (Å²) in [6, 6.07) is 7.69. The zero-order valence-electron chi connectivity index (χ0n) is 13.2. The average molecular weight is 367 g/mol. The van der Waals surface area contributed by atoms with Crippen LogP contribution < -0.4 is 10.6 Å². The number of carbonyl (C=O) groups excluding carboxylic acids is 1. The minimum absolute atomic E-state index is 0. The molecule has 0 spiro atoms. The van der Waals surface area contributed by atoms with Gasteiger partial charge in [0.1, 0.15) is 0 Å². The second kappa shape index (κ2) is 8.79. The van der Waals surface area contributed by atoms with Crippen molar-refractivity contribution in [3.63, 3.8) is 0 Å². The number of imidazole rings is 1. The fourth-order valence-electron chi connectivity index (χ4n) is 2.17. The van der Waals surface area contributed by atoms with E-state index in [1.807, 2.05) is 46.4 Å². The Hall–Kier alpha value is -1.93. The first-order valence-electron chi connectivity index (χ1n) is 7.28. The fraction of sp³-hybridized carbons (Fsp3) is 0.250. The Bertz CT molecular complexity index is 756. The molecule has 0 unspecified atom stereocenters. The van der Waals surface area contributed by atoms with Crippen LogP contribution in [0.25, 0.3) is 16.2 Å². The molecule has 8 heteroatoms. The highest BCUT2D eigenvalue weighted by molar-refractivity contribution is 7.15. The Morgan fingerprint density at radius 1 is 1.33 bits per heavy atom. The molecule has 2 aromatic heterocycles. The van der Waals surface area contributed by atoms with Crippen molar-refractivity contribution in [2.75, 3.05) is 32.1 Å². The van der Waals surface area contributed by atoms with Gasteiger partial charge in [-0.3, -0.25) is 9.20 Å². The monoisotopic (exact) mass is 366 g/mol. The third kappa shape index (κ3) is 4.55. The number of aromatic nitrogens is 2. The summed E-state index contributed by atoms with van der Waals surface area (Å²) in [5, 5.41) is 7.87. The molecule has 2 heterocycles. The zero-order chi connectivity index (χ0) is 16.1. The van der Waals surface area contributed by atoms with Gasteiger partial charge < -0.3 is 15.4 Å². The van der Waals surface area contributed by atoms with E-state index < -0.39 is 0 Å². The van der Waals surface area contributed by atoms with Gasteiger partial charge in [0.2, 0.25) is 5.91 Å². The van der Waals surface area contributed by atoms with Gasteiger partial charge in [-0.15, -0.1) is 23.7 Å². The van der Waals surface area contributed by atoms with E-state index in [9.17, 15) is 4.79 Å². The number of amides is 1. The first kappa shape index (κ1) is 18.4. The molecule has 0 aliphatic carbocycles. The first-order valence-corrected chi connectivity index (χ1v) is 8.16. The number of nitrogens with zero attached hydrogens (tertiary/aromatic N) is 2. The number of benzene rings is 1. The van der Waals surface area contributed by atoms with Gasteiger partial charge in [-0.05, 0) is 12.1 Å². The van der Waals surface area contributed by atoms with E-state index in [2.05, 4.69) is 15.6 Å². The van der Waals surface area contributed by atoms with Crippen LogP contribution in [-0.2, 0) is 9.53 Å². The number of nitrogens with one attached hydrogen (secondary N) is 2. The Kier molecular flexibility index (Phi) is 6.74. The predicted molar refractivity (Wildman–Crippen MR) is 99.1 cm³/mol. The molecule has 6 nitrogen and oxygen atoms in total. The lowest BCUT2D eigenvalue weighted by Gasteiger charge is -2.07. The molecule has 0 bridgehead atoms. The number of hydrogen-bond donors (Lipinski definition) is 2. The van der Waals surface area contributed by atoms with Crippen molar-refractivity contribution in [3.8, 4) is 11.3 Å². The molecule has 0 aliphatic rings. The molecule has 1 amide bonds. The number of carbonyl (C=O) groups is 1. The molecule has 0 saturated carbocycles. The van der Waals surface area contributed by atoms with Crippen LogP contribution in [0.5, 0.6) is 0 Å². The maximum atomic E-state index is 11.8. The van der Waals surface area contributed by atoms with Crippen LogP contribution >= 0.6 is 23.7 Å². The number of ether oxygens (including phenoxy) is 1. The van der Waals surface area contributed by atoms with E-state index in [4.69, 9.17) is 4.74 Å². The molecule has 2 N–H and O–H groups in total. The van der Waals surface area contributed by atoms with E-state index in [1.54, 1.807) is 18.4 Å². The van der Waals surface area contributed by atoms with Crippen LogP contribution in [0.15, 0.2) is 42.0 Å². The molecule has 0 radical (unpaired) electrons. The van der Waals surface area contributed by atoms with Crippen LogP contribution in [0.3, 0.4) is 0 Å². The number of methoxy groups -OCH3 is 1. The lowest BCUT2D eigenvalue weighted by molar-refractivity contribution is -0.115. The molecule has 3 rings (SSSR count). The van der Waals surface area contributed by atoms with Crippen molar-refractivity contribution in [1.82, 2.24) is 14.7 Å². The second-order valence-electron chi connectivity index (χ2n) is 5.01. The zero-order valence-corrected chi connectivity index (χ0v) is 14.8. The largest absolute Gasteiger partial charge is 0.383 e. The van der Waals surface area contributed by atoms with Crippen molar-refractivity contribution in [2.24, 2.45) is 0 Å². The van der Waals surface area contributed by atoms with Crippen LogP contribution in [-0.4, -0.2) is 42.1 Å². The smallest absolute Gasteiger partial charge is 0.238 e. The van der Waals surface area contributed by atoms with Gasteiger partial charge in [0.15, 0.2) is 4.96 Å². The van der Waals surface area contributed by atoms with E-state index in [-0.39, 0.29) is 24.9 Å². The molecule has 3 aromatic rings. The van der Waals surface area contributed by atoms with Crippen LogP contribution in [0.1, 0.15) is 0 Å². The number of rotatable bonds is 7. The summed E-state index contributed by atoms with van der Waals surface area (Å²) in [6.07, 6.45) is 3.99. The Labute approximate surface area is 150 Å². The number of thiazole rings is 1. The Morgan fingerprint density at radius 2 is 2.12 bits per heavy atom. The number of hydrogen-bond acceptors (Lipinski definition) is 5. The summed E-state index contributed by atoms with van der Waals surface area (Å²) >= 11 is 1.60. The molecular weight excluding hydrogens is 348 g/mol. The van der Waals surface area contributed by atoms with Crippen molar-refractivity contribution in [3.05, 3.63) is 42.0 Å². The predicted octanol–water partition coefficient (Wildman–Crippen LogP) is 2.66. The first-order chi connectivity index (χ1) is 11.3. The molecule has 0 aliphatic heterocycles. The van der Waals surface area contributed by atoms with E-state index in [0.29, 0.717) is 13.2 Å². The molecule has 0 atom stereocenters. The van der Waals surface area contributed by atoms with Gasteiger partial charge in [0.05, 0.1) is 18.8 Å². The minimum Gasteiger partial charge on any atom is -0.383 e. The fourth-order valence-corrected chi connectivity index (χ4v) is 2.87. The third-order valence-corrected chi connectivity index (χ3v) is 4.10. The van der Waals surface area contributed by atoms with E-state index in [0.717, 1.165) is 21.9 Å². The molecular formula is C16H19ClN4O2S. The van der Waals surface area contributed by atoms with Gasteiger partial charge in [-0.1, -0.05) is 12.1 Å². The molecule has 24 heavy (non-hydrogen) atoms. The topological polar surface area (TPSA) is 67.7 Å². The number of anilines is 1. The Morgan fingerprint density at radius 3 is 2.83 bits per heavy atom. The van der Waals surface area contributed by atoms with Gasteiger partial charge >= 0.3 is 0 Å². The molecule has 128 valence electrons. The summed E-state index contributed by atoms with van der Waals surface area (Å²) < 4.78 is 6.91. The maximum Gasteiger partial charge on any atom is 0.238 e. The maximum absolute atomic E-state index is 11.8. The van der Waals surface area contributed by atoms with Gasteiger partial charge in [0.25, 0.3) is 0 Å². The minimum atomic E-state index is -0.0728. The third-order valence-electron chi connectivity index (χ3n) is 3.33. The lowest BCUT2D eigenvalue weighted by Crippen LogP contribution is -2.30. The van der Waals surface area contributed by atoms with E-state index >= 15 is 0 Å². The van der Waals surface area contributed by atoms with Gasteiger partial charge in [-0.2, -0.15) is 0 Å². The van der Waals surface area contributed by atoms with Crippen molar-refractivity contribution >= 4 is 40.3 Å². The summed E-state index contributed by atoms with van der Waals surface area (Å²) in [4.78, 5) is 17.3. The number of fused-ring (bicyclic) bond motifs is 1. The van der Waals surface area contributed by atoms with Crippen LogP contribution in [0.2, 0.25) is 0 Å². The second-order valence-corrected chi connectivity index (χ2v) is 5.89. The molecule has 1 aromatic carbocycles. The number of halogens is 1. The standard InChI is InChI=1S/C16H18N4O2S.ClH/c1-22-8-6-17-10-15(21)18-13-4-2-12(3-5-13)14-11-20-7-9-23-16(20)19-14;/h2-5,7,9,11,17H,6,8,10H2,1H3,(H,18,21);1H. The van der Waals surface area contributed by atoms with Crippen molar-refractivity contribution < 1.29 is 9.53 Å². The SMILES string of the molecule is COCCNCC(=O)Nc1ccc(-c2cn3ccsc3n2)cc1.Cl. The molecule has 0 saturated heterocycles. The van der Waals surface area contributed by atoms with Gasteiger partial charge in [-0.25, -0.2) is 4.98 Å². The average Bonchev–Trinajstić information content (AvgIpc) is 3.14. The highest BCUT2D eigenvalue weighted by atomic mass is 35.5. The Balaban J connectivity index is 0.00000208. The normalized spacial score (nSPS) is 10.5. The van der Waals surface area contributed by atoms with Gasteiger partial charge in [0, 0.05) is 42.7 Å². The van der Waals surface area contributed by atoms with Crippen molar-refractivity contribution in [1.29, 1.82) is 0 Å². The van der Waals surface area contributed by atoms with E-state index in [1.165, 1.54) is 0 Å². The lowest BCUT2D eigenvalue weighted by atomic mass is 10.1. The van der Waals surface area contributed by atoms with Crippen LogP contribution in [0.4, 0.5) is 5.69 Å². The summed E-state index contributed by atoms with van der Waals surface area (Å²) in [7, 11) is 1.63. The van der Waals surface area contributed by atoms with Crippen LogP contribution in [0, 0.1) is 0 Å². The van der Waals surface area contributed by atoms with Crippen molar-refractivity contribution in [2.45, 2.75) is 0 Å². The molecule has 0 fully saturated rings.